The number of rotatable bonds is 17. The summed E-state index contributed by atoms with van der Waals surface area (Å²) in [5.41, 5.74) is 2.00. The van der Waals surface area contributed by atoms with Gasteiger partial charge in [0.25, 0.3) is 0 Å². The van der Waals surface area contributed by atoms with Crippen molar-refractivity contribution in [3.8, 4) is 5.75 Å². The Kier molecular flexibility index (Phi) is 15.3. The van der Waals surface area contributed by atoms with Crippen LogP contribution in [0.5, 0.6) is 5.75 Å². The molecule has 41 heavy (non-hydrogen) atoms. The van der Waals surface area contributed by atoms with Crippen LogP contribution in [-0.4, -0.2) is 85.0 Å². The lowest BCUT2D eigenvalue weighted by Gasteiger charge is -2.30. The fourth-order valence-corrected chi connectivity index (χ4v) is 4.18. The third kappa shape index (κ3) is 17.1. The molecule has 0 heterocycles. The van der Waals surface area contributed by atoms with Crippen LogP contribution < -0.4 is 4.74 Å². The van der Waals surface area contributed by atoms with Gasteiger partial charge in [-0.2, -0.15) is 0 Å². The molecule has 0 spiro atoms. The van der Waals surface area contributed by atoms with Crippen molar-refractivity contribution < 1.29 is 41.6 Å². The molecule has 0 atom stereocenters. The highest BCUT2D eigenvalue weighted by atomic mass is 32.2. The molecular formula is C31H54O9S. The second-order valence-corrected chi connectivity index (χ2v) is 15.5. The minimum Gasteiger partial charge on any atom is -0.428 e. The Balaban J connectivity index is 2.51. The van der Waals surface area contributed by atoms with Gasteiger partial charge in [0.2, 0.25) is 0 Å². The van der Waals surface area contributed by atoms with Crippen LogP contribution in [0.3, 0.4) is 0 Å². The molecule has 9 nitrogen and oxygen atoms in total. The summed E-state index contributed by atoms with van der Waals surface area (Å²) in [6, 6.07) is 4.27. The van der Waals surface area contributed by atoms with Crippen LogP contribution in [0, 0.1) is 0 Å². The van der Waals surface area contributed by atoms with Crippen LogP contribution in [0.25, 0.3) is 0 Å². The fourth-order valence-electron chi connectivity index (χ4n) is 3.76. The summed E-state index contributed by atoms with van der Waals surface area (Å²) in [5.74, 6) is 0.600. The van der Waals surface area contributed by atoms with Crippen molar-refractivity contribution >= 4 is 16.0 Å². The molecule has 1 aromatic carbocycles. The van der Waals surface area contributed by atoms with E-state index >= 15 is 0 Å². The van der Waals surface area contributed by atoms with Crippen LogP contribution in [-0.2, 0) is 50.8 Å². The predicted molar refractivity (Wildman–Crippen MR) is 162 cm³/mol. The summed E-state index contributed by atoms with van der Waals surface area (Å²) < 4.78 is 55.3. The zero-order valence-electron chi connectivity index (χ0n) is 27.0. The van der Waals surface area contributed by atoms with E-state index in [0.717, 1.165) is 24.0 Å². The quantitative estimate of drug-likeness (QED) is 0.127. The van der Waals surface area contributed by atoms with Gasteiger partial charge in [0.15, 0.2) is 0 Å². The topological polar surface area (TPSA) is 107 Å². The van der Waals surface area contributed by atoms with Gasteiger partial charge in [-0.05, 0) is 50.0 Å². The molecule has 0 N–H and O–H groups in total. The molecular weight excluding hydrogens is 548 g/mol. The molecule has 0 aliphatic carbocycles. The molecule has 0 saturated heterocycles. The SMILES string of the molecule is CC(C)(C)OC(=O)Oc1c(C(C)(C)C)cc(CCCOCCOCCOCCOCCS(C)(=O)=O)cc1C(C)(C)C. The molecule has 0 amide bonds. The second kappa shape index (κ2) is 16.8. The number of sulfone groups is 1. The summed E-state index contributed by atoms with van der Waals surface area (Å²) in [6.45, 7) is 21.6. The van der Waals surface area contributed by atoms with E-state index < -0.39 is 21.6 Å². The highest BCUT2D eigenvalue weighted by Crippen LogP contribution is 2.41. The summed E-state index contributed by atoms with van der Waals surface area (Å²) in [5, 5.41) is 0. The molecule has 1 aromatic rings. The Labute approximate surface area is 248 Å². The molecule has 0 unspecified atom stereocenters. The molecule has 0 saturated carbocycles. The molecule has 1 rings (SSSR count). The minimum atomic E-state index is -3.00. The van der Waals surface area contributed by atoms with Gasteiger partial charge in [0.05, 0.1) is 52.0 Å². The standard InChI is InChI=1S/C31H54O9S/c1-29(2,3)25-22-24(23-26(30(4,5)6)27(25)39-28(32)40-31(7,8)9)12-11-13-35-14-15-36-16-17-37-18-19-38-20-21-41(10,33)34/h22-23H,11-21H2,1-10H3. The first-order chi connectivity index (χ1) is 18.8. The number of hydrogen-bond acceptors (Lipinski definition) is 9. The van der Waals surface area contributed by atoms with E-state index in [1.54, 1.807) is 0 Å². The smallest absolute Gasteiger partial charge is 0.428 e. The molecule has 0 aliphatic heterocycles. The third-order valence-corrected chi connectivity index (χ3v) is 6.72. The molecule has 0 aromatic heterocycles. The van der Waals surface area contributed by atoms with E-state index in [2.05, 4.69) is 53.7 Å². The number of hydrogen-bond donors (Lipinski definition) is 0. The Bertz CT molecular complexity index is 994. The van der Waals surface area contributed by atoms with E-state index in [0.29, 0.717) is 52.0 Å². The maximum atomic E-state index is 12.6. The van der Waals surface area contributed by atoms with Crippen molar-refractivity contribution in [2.75, 3.05) is 64.9 Å². The van der Waals surface area contributed by atoms with E-state index in [-0.39, 0.29) is 23.2 Å². The second-order valence-electron chi connectivity index (χ2n) is 13.3. The molecule has 0 radical (unpaired) electrons. The lowest BCUT2D eigenvalue weighted by molar-refractivity contribution is -0.000494. The monoisotopic (exact) mass is 602 g/mol. The van der Waals surface area contributed by atoms with Crippen molar-refractivity contribution in [1.29, 1.82) is 0 Å². The Morgan fingerprint density at radius 1 is 0.683 bits per heavy atom. The Hall–Kier alpha value is -1.72. The lowest BCUT2D eigenvalue weighted by Crippen LogP contribution is -2.28. The van der Waals surface area contributed by atoms with Crippen LogP contribution in [0.1, 0.15) is 85.4 Å². The Morgan fingerprint density at radius 2 is 1.10 bits per heavy atom. The first-order valence-corrected chi connectivity index (χ1v) is 16.4. The predicted octanol–water partition coefficient (Wildman–Crippen LogP) is 5.64. The molecule has 0 bridgehead atoms. The normalized spacial score (nSPS) is 12.9. The molecule has 0 fully saturated rings. The molecule has 10 heteroatoms. The van der Waals surface area contributed by atoms with E-state index in [9.17, 15) is 13.2 Å². The number of ether oxygens (including phenoxy) is 6. The number of carbonyl (C=O) groups excluding carboxylic acids is 1. The van der Waals surface area contributed by atoms with Crippen molar-refractivity contribution in [2.45, 2.75) is 91.6 Å². The zero-order chi connectivity index (χ0) is 31.3. The van der Waals surface area contributed by atoms with Gasteiger partial charge >= 0.3 is 6.16 Å². The van der Waals surface area contributed by atoms with Gasteiger partial charge in [-0.1, -0.05) is 53.7 Å². The average Bonchev–Trinajstić information content (AvgIpc) is 2.78. The average molecular weight is 603 g/mol. The highest BCUT2D eigenvalue weighted by molar-refractivity contribution is 7.90. The first kappa shape index (κ1) is 37.3. The first-order valence-electron chi connectivity index (χ1n) is 14.4. The van der Waals surface area contributed by atoms with Crippen LogP contribution in [0.15, 0.2) is 12.1 Å². The molecule has 0 aliphatic rings. The lowest BCUT2D eigenvalue weighted by atomic mass is 9.78. The molecule has 238 valence electrons. The maximum Gasteiger partial charge on any atom is 0.514 e. The summed E-state index contributed by atoms with van der Waals surface area (Å²) in [6.07, 6.45) is 2.17. The van der Waals surface area contributed by atoms with Crippen LogP contribution >= 0.6 is 0 Å². The van der Waals surface area contributed by atoms with Crippen molar-refractivity contribution in [3.63, 3.8) is 0 Å². The van der Waals surface area contributed by atoms with Crippen molar-refractivity contribution in [2.24, 2.45) is 0 Å². The van der Waals surface area contributed by atoms with Gasteiger partial charge in [-0.3, -0.25) is 0 Å². The summed E-state index contributed by atoms with van der Waals surface area (Å²) in [4.78, 5) is 12.6. The van der Waals surface area contributed by atoms with Gasteiger partial charge in [0, 0.05) is 24.0 Å². The number of carbonyl (C=O) groups is 1. The van der Waals surface area contributed by atoms with E-state index in [1.165, 1.54) is 11.8 Å². The van der Waals surface area contributed by atoms with Crippen molar-refractivity contribution in [1.82, 2.24) is 0 Å². The number of aryl methyl sites for hydroxylation is 1. The van der Waals surface area contributed by atoms with Gasteiger partial charge in [0.1, 0.15) is 21.2 Å². The Morgan fingerprint density at radius 3 is 1.49 bits per heavy atom. The summed E-state index contributed by atoms with van der Waals surface area (Å²) >= 11 is 0. The van der Waals surface area contributed by atoms with Crippen LogP contribution in [0.4, 0.5) is 4.79 Å². The van der Waals surface area contributed by atoms with Gasteiger partial charge in [-0.25, -0.2) is 13.2 Å². The largest absolute Gasteiger partial charge is 0.514 e. The van der Waals surface area contributed by atoms with Gasteiger partial charge < -0.3 is 28.4 Å². The number of benzene rings is 1. The van der Waals surface area contributed by atoms with E-state index in [1.807, 2.05) is 20.8 Å². The highest BCUT2D eigenvalue weighted by Gasteiger charge is 2.30. The van der Waals surface area contributed by atoms with E-state index in [4.69, 9.17) is 28.4 Å². The van der Waals surface area contributed by atoms with Crippen LogP contribution in [0.2, 0.25) is 0 Å². The van der Waals surface area contributed by atoms with Gasteiger partial charge in [-0.15, -0.1) is 0 Å². The third-order valence-electron chi connectivity index (χ3n) is 5.81. The van der Waals surface area contributed by atoms with Crippen molar-refractivity contribution in [3.05, 3.63) is 28.8 Å². The minimum absolute atomic E-state index is 0.0170. The summed E-state index contributed by atoms with van der Waals surface area (Å²) in [7, 11) is -3.00. The fraction of sp³-hybridized carbons (Fsp3) is 0.774. The maximum absolute atomic E-state index is 12.6. The zero-order valence-corrected chi connectivity index (χ0v) is 27.8.